The van der Waals surface area contributed by atoms with E-state index in [1.165, 1.54) is 0 Å². The van der Waals surface area contributed by atoms with Crippen LogP contribution in [0, 0.1) is 0 Å². The molecular formula is C22H25N3O5. The van der Waals surface area contributed by atoms with Gasteiger partial charge in [0.05, 0.1) is 37.9 Å². The van der Waals surface area contributed by atoms with Crippen LogP contribution in [-0.4, -0.2) is 60.8 Å². The molecule has 0 radical (unpaired) electrons. The molecular weight excluding hydrogens is 386 g/mol. The highest BCUT2D eigenvalue weighted by atomic mass is 16.5. The number of methoxy groups -OCH3 is 1. The van der Waals surface area contributed by atoms with Gasteiger partial charge in [0, 0.05) is 13.1 Å². The summed E-state index contributed by atoms with van der Waals surface area (Å²) in [5.74, 6) is 1.74. The van der Waals surface area contributed by atoms with E-state index in [0.717, 1.165) is 5.75 Å². The van der Waals surface area contributed by atoms with Gasteiger partial charge in [-0.3, -0.25) is 4.79 Å². The Balaban J connectivity index is 1.55. The number of fused-ring (bicyclic) bond motifs is 1. The van der Waals surface area contributed by atoms with E-state index in [9.17, 15) is 9.90 Å². The maximum atomic E-state index is 13.2. The molecule has 1 aliphatic rings. The zero-order chi connectivity index (χ0) is 20.9. The Morgan fingerprint density at radius 3 is 2.53 bits per heavy atom. The molecule has 1 aliphatic heterocycles. The fourth-order valence-corrected chi connectivity index (χ4v) is 3.47. The summed E-state index contributed by atoms with van der Waals surface area (Å²) in [4.78, 5) is 19.7. The molecule has 1 atom stereocenters. The highest BCUT2D eigenvalue weighted by molar-refractivity contribution is 5.76. The summed E-state index contributed by atoms with van der Waals surface area (Å²) in [6.07, 6.45) is -0.867. The number of morpholine rings is 1. The van der Waals surface area contributed by atoms with Crippen LogP contribution < -0.4 is 19.9 Å². The van der Waals surface area contributed by atoms with Crippen molar-refractivity contribution in [1.82, 2.24) is 9.55 Å². The number of benzene rings is 2. The van der Waals surface area contributed by atoms with E-state index >= 15 is 0 Å². The van der Waals surface area contributed by atoms with E-state index < -0.39 is 6.10 Å². The van der Waals surface area contributed by atoms with Crippen molar-refractivity contribution in [2.75, 3.05) is 44.9 Å². The predicted molar refractivity (Wildman–Crippen MR) is 114 cm³/mol. The van der Waals surface area contributed by atoms with Crippen molar-refractivity contribution in [2.45, 2.75) is 12.6 Å². The summed E-state index contributed by atoms with van der Waals surface area (Å²) in [5, 5.41) is 10.6. The quantitative estimate of drug-likeness (QED) is 0.633. The molecule has 0 spiro atoms. The molecule has 0 amide bonds. The van der Waals surface area contributed by atoms with Gasteiger partial charge < -0.3 is 28.8 Å². The molecule has 0 unspecified atom stereocenters. The second-order valence-electron chi connectivity index (χ2n) is 7.08. The number of aliphatic hydroxyl groups excluding tert-OH is 1. The number of rotatable bonds is 7. The van der Waals surface area contributed by atoms with Crippen LogP contribution in [0.2, 0.25) is 0 Å². The Morgan fingerprint density at radius 2 is 1.80 bits per heavy atom. The first-order valence-corrected chi connectivity index (χ1v) is 9.93. The molecule has 4 rings (SSSR count). The zero-order valence-corrected chi connectivity index (χ0v) is 16.9. The van der Waals surface area contributed by atoms with Gasteiger partial charge >= 0.3 is 0 Å². The van der Waals surface area contributed by atoms with Gasteiger partial charge in [0.25, 0.3) is 5.56 Å². The molecule has 0 aliphatic carbocycles. The molecule has 0 saturated carbocycles. The number of aromatic nitrogens is 2. The van der Waals surface area contributed by atoms with E-state index in [-0.39, 0.29) is 18.7 Å². The molecule has 0 bridgehead atoms. The van der Waals surface area contributed by atoms with E-state index in [0.29, 0.717) is 48.9 Å². The van der Waals surface area contributed by atoms with Crippen LogP contribution in [-0.2, 0) is 11.3 Å². The molecule has 8 heteroatoms. The standard InChI is InChI=1S/C22H25N3O5/c1-28-17-6-8-18(9-7-17)30-15-16(26)14-25-20-5-3-2-4-19(20)23-21(22(25)27)24-10-12-29-13-11-24/h2-9,16,26H,10-15H2,1H3/t16-/m0/s1. The number of para-hydroxylation sites is 2. The lowest BCUT2D eigenvalue weighted by atomic mass is 10.2. The number of aliphatic hydroxyl groups is 1. The predicted octanol–water partition coefficient (Wildman–Crippen LogP) is 1.68. The Hall–Kier alpha value is -3.10. The van der Waals surface area contributed by atoms with Crippen LogP contribution in [0.1, 0.15) is 0 Å². The summed E-state index contributed by atoms with van der Waals surface area (Å²) >= 11 is 0. The maximum absolute atomic E-state index is 13.2. The minimum Gasteiger partial charge on any atom is -0.497 e. The first-order valence-electron chi connectivity index (χ1n) is 9.93. The number of hydrogen-bond acceptors (Lipinski definition) is 7. The van der Waals surface area contributed by atoms with Crippen molar-refractivity contribution in [3.8, 4) is 11.5 Å². The van der Waals surface area contributed by atoms with Crippen molar-refractivity contribution < 1.29 is 19.3 Å². The van der Waals surface area contributed by atoms with Crippen molar-refractivity contribution in [3.05, 3.63) is 58.9 Å². The average molecular weight is 411 g/mol. The van der Waals surface area contributed by atoms with Gasteiger partial charge in [-0.15, -0.1) is 0 Å². The molecule has 1 N–H and O–H groups in total. The second kappa shape index (κ2) is 9.15. The molecule has 8 nitrogen and oxygen atoms in total. The summed E-state index contributed by atoms with van der Waals surface area (Å²) in [6.45, 7) is 2.52. The largest absolute Gasteiger partial charge is 0.497 e. The summed E-state index contributed by atoms with van der Waals surface area (Å²) < 4.78 is 17.8. The van der Waals surface area contributed by atoms with Gasteiger partial charge in [-0.2, -0.15) is 0 Å². The fourth-order valence-electron chi connectivity index (χ4n) is 3.47. The lowest BCUT2D eigenvalue weighted by Crippen LogP contribution is -2.42. The summed E-state index contributed by atoms with van der Waals surface area (Å²) in [7, 11) is 1.60. The van der Waals surface area contributed by atoms with E-state index in [1.54, 1.807) is 35.9 Å². The van der Waals surface area contributed by atoms with Gasteiger partial charge in [-0.1, -0.05) is 12.1 Å². The molecule has 3 aromatic rings. The third kappa shape index (κ3) is 4.39. The minimum atomic E-state index is -0.867. The average Bonchev–Trinajstić information content (AvgIpc) is 2.80. The van der Waals surface area contributed by atoms with Crippen molar-refractivity contribution in [1.29, 1.82) is 0 Å². The number of nitrogens with zero attached hydrogens (tertiary/aromatic N) is 3. The van der Waals surface area contributed by atoms with Gasteiger partial charge in [0.1, 0.15) is 24.2 Å². The molecule has 1 aromatic heterocycles. The topological polar surface area (TPSA) is 86.0 Å². The third-order valence-corrected chi connectivity index (χ3v) is 5.04. The van der Waals surface area contributed by atoms with E-state index in [2.05, 4.69) is 4.98 Å². The van der Waals surface area contributed by atoms with Gasteiger partial charge in [-0.05, 0) is 36.4 Å². The first-order chi connectivity index (χ1) is 14.7. The SMILES string of the molecule is COc1ccc(OC[C@@H](O)Cn2c(=O)c(N3CCOCC3)nc3ccccc32)cc1. The summed E-state index contributed by atoms with van der Waals surface area (Å²) in [5.41, 5.74) is 1.17. The van der Waals surface area contributed by atoms with E-state index in [1.807, 2.05) is 29.2 Å². The Bertz CT molecular complexity index is 1040. The lowest BCUT2D eigenvalue weighted by Gasteiger charge is -2.28. The van der Waals surface area contributed by atoms with Crippen LogP contribution in [0.3, 0.4) is 0 Å². The second-order valence-corrected chi connectivity index (χ2v) is 7.08. The normalized spacial score (nSPS) is 15.2. The van der Waals surface area contributed by atoms with Crippen LogP contribution in [0.5, 0.6) is 11.5 Å². The molecule has 30 heavy (non-hydrogen) atoms. The molecule has 1 fully saturated rings. The Kier molecular flexibility index (Phi) is 6.15. The minimum absolute atomic E-state index is 0.0578. The number of hydrogen-bond donors (Lipinski definition) is 1. The van der Waals surface area contributed by atoms with Crippen molar-refractivity contribution in [3.63, 3.8) is 0 Å². The monoisotopic (exact) mass is 411 g/mol. The van der Waals surface area contributed by atoms with Crippen LogP contribution >= 0.6 is 0 Å². The highest BCUT2D eigenvalue weighted by Crippen LogP contribution is 2.18. The number of anilines is 1. The Labute approximate surface area is 174 Å². The van der Waals surface area contributed by atoms with Crippen LogP contribution in [0.15, 0.2) is 53.3 Å². The van der Waals surface area contributed by atoms with Gasteiger partial charge in [0.15, 0.2) is 5.82 Å². The first kappa shape index (κ1) is 20.2. The molecule has 2 heterocycles. The van der Waals surface area contributed by atoms with Gasteiger partial charge in [-0.25, -0.2) is 4.98 Å². The fraction of sp³-hybridized carbons (Fsp3) is 0.364. The van der Waals surface area contributed by atoms with Crippen LogP contribution in [0.4, 0.5) is 5.82 Å². The van der Waals surface area contributed by atoms with Gasteiger partial charge in [0.2, 0.25) is 0 Å². The van der Waals surface area contributed by atoms with E-state index in [4.69, 9.17) is 14.2 Å². The highest BCUT2D eigenvalue weighted by Gasteiger charge is 2.20. The molecule has 1 saturated heterocycles. The summed E-state index contributed by atoms with van der Waals surface area (Å²) in [6, 6.07) is 14.6. The third-order valence-electron chi connectivity index (χ3n) is 5.04. The lowest BCUT2D eigenvalue weighted by molar-refractivity contribution is 0.0925. The zero-order valence-electron chi connectivity index (χ0n) is 16.9. The van der Waals surface area contributed by atoms with Crippen LogP contribution in [0.25, 0.3) is 11.0 Å². The Morgan fingerprint density at radius 1 is 1.10 bits per heavy atom. The number of ether oxygens (including phenoxy) is 3. The smallest absolute Gasteiger partial charge is 0.294 e. The van der Waals surface area contributed by atoms with Crippen molar-refractivity contribution in [2.24, 2.45) is 0 Å². The molecule has 2 aromatic carbocycles. The van der Waals surface area contributed by atoms with Crippen molar-refractivity contribution >= 4 is 16.9 Å². The maximum Gasteiger partial charge on any atom is 0.294 e. The molecule has 158 valence electrons.